The SMILES string of the molecule is C[C@@H](CNC(=O)/C=C/c1cccc(F)c1)C(=O)O. The second kappa shape index (κ2) is 6.54. The molecule has 0 radical (unpaired) electrons. The maximum atomic E-state index is 12.8. The summed E-state index contributed by atoms with van der Waals surface area (Å²) in [6.07, 6.45) is 2.70. The average Bonchev–Trinajstić information content (AvgIpc) is 2.33. The Morgan fingerprint density at radius 3 is 2.83 bits per heavy atom. The lowest BCUT2D eigenvalue weighted by Crippen LogP contribution is -2.30. The minimum Gasteiger partial charge on any atom is -0.481 e. The minimum atomic E-state index is -0.968. The third-order valence-electron chi connectivity index (χ3n) is 2.28. The van der Waals surface area contributed by atoms with Crippen LogP contribution in [0.3, 0.4) is 0 Å². The van der Waals surface area contributed by atoms with Crippen molar-refractivity contribution in [1.29, 1.82) is 0 Å². The van der Waals surface area contributed by atoms with Crippen LogP contribution in [0.2, 0.25) is 0 Å². The zero-order valence-electron chi connectivity index (χ0n) is 9.89. The number of hydrogen-bond acceptors (Lipinski definition) is 2. The van der Waals surface area contributed by atoms with Crippen molar-refractivity contribution in [2.24, 2.45) is 5.92 Å². The Morgan fingerprint density at radius 1 is 1.50 bits per heavy atom. The van der Waals surface area contributed by atoms with E-state index in [-0.39, 0.29) is 12.4 Å². The Kier molecular flexibility index (Phi) is 5.05. The van der Waals surface area contributed by atoms with E-state index in [0.29, 0.717) is 5.56 Å². The first kappa shape index (κ1) is 13.9. The second-order valence-electron chi connectivity index (χ2n) is 3.87. The van der Waals surface area contributed by atoms with Gasteiger partial charge in [0.1, 0.15) is 5.82 Å². The van der Waals surface area contributed by atoms with Crippen LogP contribution in [-0.4, -0.2) is 23.5 Å². The number of amides is 1. The zero-order valence-corrected chi connectivity index (χ0v) is 9.89. The third kappa shape index (κ3) is 4.78. The van der Waals surface area contributed by atoms with Gasteiger partial charge in [0, 0.05) is 12.6 Å². The van der Waals surface area contributed by atoms with Crippen LogP contribution in [0.4, 0.5) is 4.39 Å². The van der Waals surface area contributed by atoms with Crippen molar-refractivity contribution in [2.45, 2.75) is 6.92 Å². The summed E-state index contributed by atoms with van der Waals surface area (Å²) in [7, 11) is 0. The molecule has 5 heteroatoms. The maximum Gasteiger partial charge on any atom is 0.308 e. The molecule has 0 saturated heterocycles. The molecule has 0 aliphatic heterocycles. The van der Waals surface area contributed by atoms with Crippen LogP contribution >= 0.6 is 0 Å². The normalized spacial score (nSPS) is 12.3. The van der Waals surface area contributed by atoms with Crippen LogP contribution in [0.15, 0.2) is 30.3 Å². The molecule has 1 aromatic rings. The quantitative estimate of drug-likeness (QED) is 0.782. The van der Waals surface area contributed by atoms with E-state index in [1.54, 1.807) is 12.1 Å². The van der Waals surface area contributed by atoms with E-state index in [9.17, 15) is 14.0 Å². The molecule has 0 saturated carbocycles. The second-order valence-corrected chi connectivity index (χ2v) is 3.87. The van der Waals surface area contributed by atoms with Gasteiger partial charge in [0.05, 0.1) is 5.92 Å². The van der Waals surface area contributed by atoms with Crippen molar-refractivity contribution in [3.63, 3.8) is 0 Å². The molecular formula is C13H14FNO3. The highest BCUT2D eigenvalue weighted by Crippen LogP contribution is 2.05. The summed E-state index contributed by atoms with van der Waals surface area (Å²) in [5.41, 5.74) is 0.566. The van der Waals surface area contributed by atoms with E-state index < -0.39 is 17.8 Å². The summed E-state index contributed by atoms with van der Waals surface area (Å²) in [6, 6.07) is 5.81. The lowest BCUT2D eigenvalue weighted by Gasteiger charge is -2.05. The number of carboxylic acid groups (broad SMARTS) is 1. The summed E-state index contributed by atoms with van der Waals surface area (Å²) in [4.78, 5) is 21.9. The van der Waals surface area contributed by atoms with Gasteiger partial charge in [0.2, 0.25) is 5.91 Å². The molecule has 96 valence electrons. The molecule has 2 N–H and O–H groups in total. The molecule has 0 spiro atoms. The molecule has 0 aliphatic carbocycles. The summed E-state index contributed by atoms with van der Waals surface area (Å²) < 4.78 is 12.8. The number of nitrogens with one attached hydrogen (secondary N) is 1. The molecule has 4 nitrogen and oxygen atoms in total. The molecule has 1 amide bonds. The van der Waals surface area contributed by atoms with E-state index in [0.717, 1.165) is 0 Å². The highest BCUT2D eigenvalue weighted by Gasteiger charge is 2.10. The van der Waals surface area contributed by atoms with Gasteiger partial charge in [-0.15, -0.1) is 0 Å². The maximum absolute atomic E-state index is 12.8. The molecule has 0 aromatic heterocycles. The van der Waals surface area contributed by atoms with Gasteiger partial charge in [-0.05, 0) is 23.8 Å². The molecule has 0 aliphatic rings. The standard InChI is InChI=1S/C13H14FNO3/c1-9(13(17)18)8-15-12(16)6-5-10-3-2-4-11(14)7-10/h2-7,9H,8H2,1H3,(H,15,16)(H,17,18)/b6-5+/t9-/m0/s1. The predicted octanol–water partition coefficient (Wildman–Crippen LogP) is 1.68. The van der Waals surface area contributed by atoms with E-state index in [1.807, 2.05) is 0 Å². The van der Waals surface area contributed by atoms with Crippen LogP contribution in [-0.2, 0) is 9.59 Å². The number of carboxylic acids is 1. The number of halogens is 1. The molecule has 1 atom stereocenters. The first-order valence-electron chi connectivity index (χ1n) is 5.43. The van der Waals surface area contributed by atoms with Crippen LogP contribution in [0, 0.1) is 11.7 Å². The van der Waals surface area contributed by atoms with Crippen molar-refractivity contribution in [2.75, 3.05) is 6.54 Å². The summed E-state index contributed by atoms with van der Waals surface area (Å²) in [6.45, 7) is 1.56. The summed E-state index contributed by atoms with van der Waals surface area (Å²) in [5.74, 6) is -2.40. The van der Waals surface area contributed by atoms with E-state index in [4.69, 9.17) is 5.11 Å². The van der Waals surface area contributed by atoms with Gasteiger partial charge in [-0.1, -0.05) is 19.1 Å². The van der Waals surface area contributed by atoms with Crippen molar-refractivity contribution in [3.8, 4) is 0 Å². The topological polar surface area (TPSA) is 66.4 Å². The molecule has 0 unspecified atom stereocenters. The van der Waals surface area contributed by atoms with E-state index in [2.05, 4.69) is 5.32 Å². The fraction of sp³-hybridized carbons (Fsp3) is 0.231. The number of carbonyl (C=O) groups excluding carboxylic acids is 1. The smallest absolute Gasteiger partial charge is 0.308 e. The number of rotatable bonds is 5. The van der Waals surface area contributed by atoms with Crippen LogP contribution in [0.1, 0.15) is 12.5 Å². The van der Waals surface area contributed by atoms with Crippen molar-refractivity contribution >= 4 is 18.0 Å². The number of hydrogen-bond donors (Lipinski definition) is 2. The van der Waals surface area contributed by atoms with Gasteiger partial charge in [0.15, 0.2) is 0 Å². The first-order chi connectivity index (χ1) is 8.49. The van der Waals surface area contributed by atoms with Gasteiger partial charge in [-0.2, -0.15) is 0 Å². The van der Waals surface area contributed by atoms with Gasteiger partial charge >= 0.3 is 5.97 Å². The lowest BCUT2D eigenvalue weighted by atomic mass is 10.2. The predicted molar refractivity (Wildman–Crippen MR) is 65.2 cm³/mol. The molecule has 0 bridgehead atoms. The molecular weight excluding hydrogens is 237 g/mol. The fourth-order valence-corrected chi connectivity index (χ4v) is 1.18. The van der Waals surface area contributed by atoms with Crippen molar-refractivity contribution in [1.82, 2.24) is 5.32 Å². The fourth-order valence-electron chi connectivity index (χ4n) is 1.18. The number of carbonyl (C=O) groups is 2. The van der Waals surface area contributed by atoms with E-state index >= 15 is 0 Å². The Balaban J connectivity index is 2.47. The summed E-state index contributed by atoms with van der Waals surface area (Å²) >= 11 is 0. The zero-order chi connectivity index (χ0) is 13.5. The Hall–Kier alpha value is -2.17. The molecule has 1 rings (SSSR count). The van der Waals surface area contributed by atoms with E-state index in [1.165, 1.54) is 31.2 Å². The number of aliphatic carboxylic acids is 1. The highest BCUT2D eigenvalue weighted by molar-refractivity contribution is 5.91. The molecule has 0 fully saturated rings. The number of benzene rings is 1. The van der Waals surface area contributed by atoms with Crippen LogP contribution < -0.4 is 5.32 Å². The molecule has 18 heavy (non-hydrogen) atoms. The average molecular weight is 251 g/mol. The van der Waals surface area contributed by atoms with Crippen LogP contribution in [0.25, 0.3) is 6.08 Å². The van der Waals surface area contributed by atoms with Gasteiger partial charge in [0.25, 0.3) is 0 Å². The summed E-state index contributed by atoms with van der Waals surface area (Å²) in [5, 5.41) is 11.1. The third-order valence-corrected chi connectivity index (χ3v) is 2.28. The minimum absolute atomic E-state index is 0.0572. The monoisotopic (exact) mass is 251 g/mol. The van der Waals surface area contributed by atoms with Gasteiger partial charge in [-0.25, -0.2) is 4.39 Å². The first-order valence-corrected chi connectivity index (χ1v) is 5.43. The van der Waals surface area contributed by atoms with Crippen molar-refractivity contribution < 1.29 is 19.1 Å². The van der Waals surface area contributed by atoms with Gasteiger partial charge in [-0.3, -0.25) is 9.59 Å². The van der Waals surface area contributed by atoms with Crippen LogP contribution in [0.5, 0.6) is 0 Å². The Bertz CT molecular complexity index is 471. The largest absolute Gasteiger partial charge is 0.481 e. The molecule has 1 aromatic carbocycles. The van der Waals surface area contributed by atoms with Gasteiger partial charge < -0.3 is 10.4 Å². The Labute approximate surface area is 104 Å². The lowest BCUT2D eigenvalue weighted by molar-refractivity contribution is -0.141. The Morgan fingerprint density at radius 2 is 2.22 bits per heavy atom. The van der Waals surface area contributed by atoms with Crippen molar-refractivity contribution in [3.05, 3.63) is 41.7 Å². The highest BCUT2D eigenvalue weighted by atomic mass is 19.1. The molecule has 0 heterocycles.